The number of nitrogens with one attached hydrogen (secondary N) is 3. The average molecular weight is 287 g/mol. The Morgan fingerprint density at radius 1 is 1.38 bits per heavy atom. The number of rotatable bonds is 6. The van der Waals surface area contributed by atoms with Gasteiger partial charge in [0.1, 0.15) is 5.82 Å². The summed E-state index contributed by atoms with van der Waals surface area (Å²) >= 11 is 0. The van der Waals surface area contributed by atoms with Gasteiger partial charge >= 0.3 is 0 Å². The Morgan fingerprint density at radius 2 is 2.19 bits per heavy atom. The average Bonchev–Trinajstić information content (AvgIpc) is 2.98. The lowest BCUT2D eigenvalue weighted by Gasteiger charge is -2.12. The van der Waals surface area contributed by atoms with Crippen LogP contribution in [0.4, 0.5) is 5.82 Å². The Kier molecular flexibility index (Phi) is 4.92. The van der Waals surface area contributed by atoms with E-state index < -0.39 is 0 Å². The summed E-state index contributed by atoms with van der Waals surface area (Å²) in [4.78, 5) is 16.8. The number of aromatic amines is 1. The first-order valence-corrected chi connectivity index (χ1v) is 7.12. The van der Waals surface area contributed by atoms with E-state index in [0.29, 0.717) is 12.1 Å². The highest BCUT2D eigenvalue weighted by Crippen LogP contribution is 2.17. The number of hydrogen-bond donors (Lipinski definition) is 3. The van der Waals surface area contributed by atoms with Crippen LogP contribution < -0.4 is 10.6 Å². The monoisotopic (exact) mass is 287 g/mol. The topological polar surface area (TPSA) is 82.7 Å². The molecule has 0 aliphatic rings. The zero-order chi connectivity index (χ0) is 15.2. The van der Waals surface area contributed by atoms with Gasteiger partial charge in [0.25, 0.3) is 5.91 Å². The lowest BCUT2D eigenvalue weighted by atomic mass is 10.1. The molecule has 0 bridgehead atoms. The molecule has 2 aromatic rings. The standard InChI is InChI=1S/C15H21N5O/c1-4-16-14-6-12(5-13(20-14)10(2)3)15(21)17-7-11-8-18-19-9-11/h5-6,8-10H,4,7H2,1-3H3,(H,16,20)(H,17,21)(H,18,19). The van der Waals surface area contributed by atoms with Crippen LogP contribution in [-0.4, -0.2) is 27.6 Å². The summed E-state index contributed by atoms with van der Waals surface area (Å²) in [7, 11) is 0. The van der Waals surface area contributed by atoms with Crippen LogP contribution in [0.25, 0.3) is 0 Å². The molecule has 0 radical (unpaired) electrons. The van der Waals surface area contributed by atoms with Gasteiger partial charge in [0.05, 0.1) is 6.20 Å². The van der Waals surface area contributed by atoms with E-state index in [2.05, 4.69) is 39.7 Å². The summed E-state index contributed by atoms with van der Waals surface area (Å²) in [6.45, 7) is 7.34. The van der Waals surface area contributed by atoms with E-state index in [9.17, 15) is 4.79 Å². The zero-order valence-corrected chi connectivity index (χ0v) is 12.6. The molecule has 2 rings (SSSR count). The van der Waals surface area contributed by atoms with E-state index in [1.807, 2.05) is 13.0 Å². The molecular formula is C15H21N5O. The third-order valence-corrected chi connectivity index (χ3v) is 3.06. The third-order valence-electron chi connectivity index (χ3n) is 3.06. The SMILES string of the molecule is CCNc1cc(C(=O)NCc2cn[nH]c2)cc(C(C)C)n1. The Hall–Kier alpha value is -2.37. The Balaban J connectivity index is 2.14. The molecule has 1 amide bonds. The summed E-state index contributed by atoms with van der Waals surface area (Å²) in [5.41, 5.74) is 2.46. The summed E-state index contributed by atoms with van der Waals surface area (Å²) in [5.74, 6) is 0.890. The second-order valence-electron chi connectivity index (χ2n) is 5.14. The molecule has 6 heteroatoms. The number of amides is 1. The van der Waals surface area contributed by atoms with Crippen LogP contribution in [-0.2, 0) is 6.54 Å². The van der Waals surface area contributed by atoms with Crippen LogP contribution in [0.15, 0.2) is 24.5 Å². The highest BCUT2D eigenvalue weighted by molar-refractivity contribution is 5.95. The van der Waals surface area contributed by atoms with Gasteiger partial charge in [0, 0.05) is 36.1 Å². The normalized spacial score (nSPS) is 10.7. The predicted octanol–water partition coefficient (Wildman–Crippen LogP) is 2.29. The van der Waals surface area contributed by atoms with E-state index in [0.717, 1.165) is 23.6 Å². The molecule has 3 N–H and O–H groups in total. The van der Waals surface area contributed by atoms with Gasteiger partial charge in [-0.15, -0.1) is 0 Å². The van der Waals surface area contributed by atoms with Crippen molar-refractivity contribution in [3.8, 4) is 0 Å². The van der Waals surface area contributed by atoms with Crippen molar-refractivity contribution in [3.63, 3.8) is 0 Å². The summed E-state index contributed by atoms with van der Waals surface area (Å²) in [5, 5.41) is 12.6. The highest BCUT2D eigenvalue weighted by atomic mass is 16.1. The van der Waals surface area contributed by atoms with Crippen molar-refractivity contribution >= 4 is 11.7 Å². The predicted molar refractivity (Wildman–Crippen MR) is 82.2 cm³/mol. The van der Waals surface area contributed by atoms with E-state index in [1.54, 1.807) is 18.5 Å². The quantitative estimate of drug-likeness (QED) is 0.761. The Bertz CT molecular complexity index is 592. The van der Waals surface area contributed by atoms with Crippen molar-refractivity contribution in [1.82, 2.24) is 20.5 Å². The van der Waals surface area contributed by atoms with Gasteiger partial charge in [-0.25, -0.2) is 4.98 Å². The molecule has 21 heavy (non-hydrogen) atoms. The molecule has 0 saturated carbocycles. The minimum Gasteiger partial charge on any atom is -0.370 e. The van der Waals surface area contributed by atoms with E-state index in [-0.39, 0.29) is 11.8 Å². The van der Waals surface area contributed by atoms with Crippen LogP contribution in [0.1, 0.15) is 48.3 Å². The second kappa shape index (κ2) is 6.88. The lowest BCUT2D eigenvalue weighted by Crippen LogP contribution is -2.23. The first-order chi connectivity index (χ1) is 10.1. The zero-order valence-electron chi connectivity index (χ0n) is 12.6. The number of carbonyl (C=O) groups is 1. The third kappa shape index (κ3) is 4.05. The van der Waals surface area contributed by atoms with E-state index >= 15 is 0 Å². The second-order valence-corrected chi connectivity index (χ2v) is 5.14. The van der Waals surface area contributed by atoms with Gasteiger partial charge in [0.15, 0.2) is 0 Å². The van der Waals surface area contributed by atoms with Gasteiger partial charge in [-0.2, -0.15) is 5.10 Å². The molecule has 0 aliphatic heterocycles. The number of aromatic nitrogens is 3. The van der Waals surface area contributed by atoms with Crippen LogP contribution in [0.5, 0.6) is 0 Å². The molecule has 0 aliphatic carbocycles. The molecule has 2 aromatic heterocycles. The minimum absolute atomic E-state index is 0.111. The number of H-pyrrole nitrogens is 1. The number of pyridine rings is 1. The molecule has 112 valence electrons. The van der Waals surface area contributed by atoms with Crippen molar-refractivity contribution in [2.45, 2.75) is 33.2 Å². The molecular weight excluding hydrogens is 266 g/mol. The van der Waals surface area contributed by atoms with Crippen molar-refractivity contribution in [2.24, 2.45) is 0 Å². The Morgan fingerprint density at radius 3 is 2.81 bits per heavy atom. The van der Waals surface area contributed by atoms with Crippen molar-refractivity contribution < 1.29 is 4.79 Å². The number of hydrogen-bond acceptors (Lipinski definition) is 4. The maximum absolute atomic E-state index is 12.3. The first-order valence-electron chi connectivity index (χ1n) is 7.12. The van der Waals surface area contributed by atoms with E-state index in [1.165, 1.54) is 0 Å². The first kappa shape index (κ1) is 15.0. The smallest absolute Gasteiger partial charge is 0.251 e. The van der Waals surface area contributed by atoms with Gasteiger partial charge in [0.2, 0.25) is 0 Å². The number of nitrogens with zero attached hydrogens (tertiary/aromatic N) is 2. The van der Waals surface area contributed by atoms with Gasteiger partial charge in [-0.05, 0) is 25.0 Å². The fraction of sp³-hybridized carbons (Fsp3) is 0.400. The van der Waals surface area contributed by atoms with Crippen molar-refractivity contribution in [1.29, 1.82) is 0 Å². The lowest BCUT2D eigenvalue weighted by molar-refractivity contribution is 0.0950. The van der Waals surface area contributed by atoms with Gasteiger partial charge < -0.3 is 10.6 Å². The molecule has 2 heterocycles. The van der Waals surface area contributed by atoms with Crippen molar-refractivity contribution in [3.05, 3.63) is 41.3 Å². The van der Waals surface area contributed by atoms with Gasteiger partial charge in [-0.1, -0.05) is 13.8 Å². The Labute approximate surface area is 124 Å². The summed E-state index contributed by atoms with van der Waals surface area (Å²) in [6.07, 6.45) is 3.45. The largest absolute Gasteiger partial charge is 0.370 e. The molecule has 0 unspecified atom stereocenters. The fourth-order valence-corrected chi connectivity index (χ4v) is 1.91. The molecule has 0 spiro atoms. The summed E-state index contributed by atoms with van der Waals surface area (Å²) < 4.78 is 0. The number of carbonyl (C=O) groups excluding carboxylic acids is 1. The minimum atomic E-state index is -0.111. The van der Waals surface area contributed by atoms with Crippen LogP contribution in [0.2, 0.25) is 0 Å². The van der Waals surface area contributed by atoms with Crippen LogP contribution in [0.3, 0.4) is 0 Å². The van der Waals surface area contributed by atoms with Crippen LogP contribution >= 0.6 is 0 Å². The maximum atomic E-state index is 12.3. The molecule has 6 nitrogen and oxygen atoms in total. The molecule has 0 saturated heterocycles. The van der Waals surface area contributed by atoms with E-state index in [4.69, 9.17) is 0 Å². The molecule has 0 atom stereocenters. The number of anilines is 1. The maximum Gasteiger partial charge on any atom is 0.251 e. The van der Waals surface area contributed by atoms with Gasteiger partial charge in [-0.3, -0.25) is 9.89 Å². The van der Waals surface area contributed by atoms with Crippen molar-refractivity contribution in [2.75, 3.05) is 11.9 Å². The molecule has 0 fully saturated rings. The van der Waals surface area contributed by atoms with Crippen LogP contribution in [0, 0.1) is 0 Å². The highest BCUT2D eigenvalue weighted by Gasteiger charge is 2.11. The summed E-state index contributed by atoms with van der Waals surface area (Å²) in [6, 6.07) is 3.62. The molecule has 0 aromatic carbocycles. The fourth-order valence-electron chi connectivity index (χ4n) is 1.91.